The van der Waals surface area contributed by atoms with Crippen molar-refractivity contribution >= 4 is 40.5 Å². The Hall–Kier alpha value is -5.55. The van der Waals surface area contributed by atoms with E-state index in [-0.39, 0.29) is 31.4 Å². The Balaban J connectivity index is 2.01. The van der Waals surface area contributed by atoms with E-state index < -0.39 is 71.8 Å². The Kier molecular flexibility index (Phi) is 9.99. The van der Waals surface area contributed by atoms with E-state index in [0.717, 1.165) is 31.4 Å². The molecule has 0 aromatic heterocycles. The van der Waals surface area contributed by atoms with Crippen molar-refractivity contribution in [3.8, 4) is 0 Å². The maximum Gasteiger partial charge on any atom is 0.328 e. The molecule has 0 bridgehead atoms. The van der Waals surface area contributed by atoms with Crippen LogP contribution in [0.1, 0.15) is 40.0 Å². The summed E-state index contributed by atoms with van der Waals surface area (Å²) in [6.45, 7) is -0.00572. The molecule has 2 aromatic rings. The van der Waals surface area contributed by atoms with E-state index in [1.54, 1.807) is 0 Å². The molecular formula is C21H20N6O12. The molecule has 0 radical (unpaired) electrons. The molecule has 0 aliphatic heterocycles. The molecule has 39 heavy (non-hydrogen) atoms. The predicted octanol–water partition coefficient (Wildman–Crippen LogP) is 2.19. The van der Waals surface area contributed by atoms with Gasteiger partial charge in [-0.1, -0.05) is 0 Å². The number of nitrogens with zero attached hydrogens (tertiary/aromatic N) is 4. The molecule has 0 saturated carbocycles. The number of rotatable bonds is 13. The molecule has 2 N–H and O–H groups in total. The van der Waals surface area contributed by atoms with E-state index in [9.17, 15) is 54.8 Å². The molecule has 0 aliphatic carbocycles. The molecule has 0 spiro atoms. The summed E-state index contributed by atoms with van der Waals surface area (Å²) in [5.74, 6) is -2.68. The molecule has 0 saturated heterocycles. The van der Waals surface area contributed by atoms with Crippen molar-refractivity contribution in [1.82, 2.24) is 10.6 Å². The van der Waals surface area contributed by atoms with Gasteiger partial charge >= 0.3 is 5.97 Å². The second kappa shape index (κ2) is 13.1. The minimum atomic E-state index is -1.24. The monoisotopic (exact) mass is 548 g/mol. The summed E-state index contributed by atoms with van der Waals surface area (Å²) < 4.78 is 4.64. The lowest BCUT2D eigenvalue weighted by molar-refractivity contribution is -0.394. The standard InChI is InChI=1S/C21H20N6O12/c1-39-21(30)18(23-20(29)13-8-16(26(35)36)11-17(9-13)27(37)38)4-2-3-5-22-19(28)12-6-14(24(31)32)10-15(7-12)25(33)34/h6-11,18H,2-5H2,1H3,(H,22,28)(H,23,29). The van der Waals surface area contributed by atoms with Crippen LogP contribution in [0.5, 0.6) is 0 Å². The first-order chi connectivity index (χ1) is 18.3. The number of methoxy groups -OCH3 is 1. The van der Waals surface area contributed by atoms with Crippen LogP contribution >= 0.6 is 0 Å². The van der Waals surface area contributed by atoms with Crippen molar-refractivity contribution in [3.63, 3.8) is 0 Å². The minimum Gasteiger partial charge on any atom is -0.467 e. The normalized spacial score (nSPS) is 11.1. The van der Waals surface area contributed by atoms with Gasteiger partial charge in [-0.25, -0.2) is 4.79 Å². The number of ether oxygens (including phenoxy) is 1. The van der Waals surface area contributed by atoms with Gasteiger partial charge in [0.15, 0.2) is 0 Å². The van der Waals surface area contributed by atoms with Crippen molar-refractivity contribution in [3.05, 3.63) is 88.0 Å². The Bertz CT molecular complexity index is 1280. The summed E-state index contributed by atoms with van der Waals surface area (Å²) in [4.78, 5) is 77.5. The summed E-state index contributed by atoms with van der Waals surface area (Å²) in [6, 6.07) is 3.52. The molecule has 0 aliphatic rings. The first-order valence-electron chi connectivity index (χ1n) is 10.9. The molecule has 2 rings (SSSR count). The SMILES string of the molecule is COC(=O)C(CCCCNC(=O)c1cc([N+](=O)[O-])cc([N+](=O)[O-])c1)NC(=O)c1cc([N+](=O)[O-])cc([N+](=O)[O-])c1. The zero-order valence-electron chi connectivity index (χ0n) is 20.1. The maximum atomic E-state index is 12.6. The number of nitro groups is 4. The van der Waals surface area contributed by atoms with E-state index in [4.69, 9.17) is 0 Å². The van der Waals surface area contributed by atoms with Crippen LogP contribution in [-0.2, 0) is 9.53 Å². The van der Waals surface area contributed by atoms with Gasteiger partial charge in [-0.15, -0.1) is 0 Å². The fourth-order valence-electron chi connectivity index (χ4n) is 3.28. The average molecular weight is 548 g/mol. The molecule has 0 fully saturated rings. The summed E-state index contributed by atoms with van der Waals surface area (Å²) in [5.41, 5.74) is -3.41. The number of esters is 1. The van der Waals surface area contributed by atoms with E-state index in [2.05, 4.69) is 15.4 Å². The highest BCUT2D eigenvalue weighted by Crippen LogP contribution is 2.24. The Morgan fingerprint density at radius 1 is 0.718 bits per heavy atom. The van der Waals surface area contributed by atoms with Crippen LogP contribution in [0.25, 0.3) is 0 Å². The molecule has 2 aromatic carbocycles. The third-order valence-electron chi connectivity index (χ3n) is 5.17. The van der Waals surface area contributed by atoms with Crippen LogP contribution < -0.4 is 10.6 Å². The quantitative estimate of drug-likeness (QED) is 0.158. The molecule has 2 amide bonds. The lowest BCUT2D eigenvalue weighted by Gasteiger charge is -2.16. The Morgan fingerprint density at radius 3 is 1.51 bits per heavy atom. The molecule has 206 valence electrons. The van der Waals surface area contributed by atoms with Crippen molar-refractivity contribution in [2.45, 2.75) is 25.3 Å². The largest absolute Gasteiger partial charge is 0.467 e. The fourth-order valence-corrected chi connectivity index (χ4v) is 3.28. The Morgan fingerprint density at radius 2 is 1.13 bits per heavy atom. The Labute approximate surface area is 217 Å². The van der Waals surface area contributed by atoms with Gasteiger partial charge in [-0.2, -0.15) is 0 Å². The third kappa shape index (κ3) is 8.23. The molecule has 1 atom stereocenters. The minimum absolute atomic E-state index is 0.00572. The van der Waals surface area contributed by atoms with Crippen LogP contribution in [0.3, 0.4) is 0 Å². The van der Waals surface area contributed by atoms with E-state index in [1.807, 2.05) is 0 Å². The first kappa shape index (κ1) is 29.7. The third-order valence-corrected chi connectivity index (χ3v) is 5.17. The fraction of sp³-hybridized carbons (Fsp3) is 0.286. The van der Waals surface area contributed by atoms with Gasteiger partial charge in [0.2, 0.25) is 0 Å². The van der Waals surface area contributed by atoms with Gasteiger partial charge in [-0.3, -0.25) is 50.0 Å². The van der Waals surface area contributed by atoms with Crippen molar-refractivity contribution in [2.75, 3.05) is 13.7 Å². The number of nitro benzene ring substituents is 4. The number of carbonyl (C=O) groups excluding carboxylic acids is 3. The van der Waals surface area contributed by atoms with Crippen molar-refractivity contribution in [2.24, 2.45) is 0 Å². The lowest BCUT2D eigenvalue weighted by atomic mass is 10.1. The van der Waals surface area contributed by atoms with Gasteiger partial charge in [0.1, 0.15) is 6.04 Å². The summed E-state index contributed by atoms with van der Waals surface area (Å²) in [6.07, 6.45) is 0.423. The first-order valence-corrected chi connectivity index (χ1v) is 10.9. The van der Waals surface area contributed by atoms with Crippen LogP contribution in [0.2, 0.25) is 0 Å². The van der Waals surface area contributed by atoms with E-state index in [0.29, 0.717) is 12.1 Å². The van der Waals surface area contributed by atoms with Crippen LogP contribution in [0.4, 0.5) is 22.7 Å². The summed E-state index contributed by atoms with van der Waals surface area (Å²) in [5, 5.41) is 48.8. The number of unbranched alkanes of at least 4 members (excludes halogenated alkanes) is 1. The number of benzene rings is 2. The maximum absolute atomic E-state index is 12.6. The van der Waals surface area contributed by atoms with Crippen molar-refractivity contribution < 1.29 is 38.8 Å². The second-order valence-corrected chi connectivity index (χ2v) is 7.81. The van der Waals surface area contributed by atoms with Crippen LogP contribution in [0, 0.1) is 40.5 Å². The number of non-ortho nitro benzene ring substituents is 4. The molecule has 18 heteroatoms. The van der Waals surface area contributed by atoms with Gasteiger partial charge in [0.25, 0.3) is 34.6 Å². The highest BCUT2D eigenvalue weighted by atomic mass is 16.6. The molecule has 0 heterocycles. The number of amides is 2. The number of carbonyl (C=O) groups is 3. The van der Waals surface area contributed by atoms with Crippen molar-refractivity contribution in [1.29, 1.82) is 0 Å². The molecule has 18 nitrogen and oxygen atoms in total. The van der Waals surface area contributed by atoms with E-state index >= 15 is 0 Å². The second-order valence-electron chi connectivity index (χ2n) is 7.81. The lowest BCUT2D eigenvalue weighted by Crippen LogP contribution is -2.41. The summed E-state index contributed by atoms with van der Waals surface area (Å²) >= 11 is 0. The van der Waals surface area contributed by atoms with Crippen LogP contribution in [-0.4, -0.2) is 57.2 Å². The predicted molar refractivity (Wildman–Crippen MR) is 129 cm³/mol. The van der Waals surface area contributed by atoms with Gasteiger partial charge in [-0.05, 0) is 19.3 Å². The molecule has 1 unspecified atom stereocenters. The summed E-state index contributed by atoms with van der Waals surface area (Å²) in [7, 11) is 1.05. The van der Waals surface area contributed by atoms with Gasteiger partial charge in [0.05, 0.1) is 50.1 Å². The van der Waals surface area contributed by atoms with Gasteiger partial charge in [0, 0.05) is 30.8 Å². The zero-order valence-corrected chi connectivity index (χ0v) is 20.1. The topological polar surface area (TPSA) is 257 Å². The average Bonchev–Trinajstić information content (AvgIpc) is 2.90. The number of nitrogens with one attached hydrogen (secondary N) is 2. The highest BCUT2D eigenvalue weighted by Gasteiger charge is 2.25. The van der Waals surface area contributed by atoms with Gasteiger partial charge < -0.3 is 15.4 Å². The zero-order chi connectivity index (χ0) is 29.3. The highest BCUT2D eigenvalue weighted by molar-refractivity contribution is 5.98. The van der Waals surface area contributed by atoms with Crippen LogP contribution in [0.15, 0.2) is 36.4 Å². The number of hydrogen-bond acceptors (Lipinski definition) is 12. The molecular weight excluding hydrogens is 528 g/mol. The smallest absolute Gasteiger partial charge is 0.328 e. The number of hydrogen-bond donors (Lipinski definition) is 2. The van der Waals surface area contributed by atoms with E-state index in [1.165, 1.54) is 0 Å².